The number of carboxylic acids is 1. The maximum Gasteiger partial charge on any atom is 0.227 e. The lowest BCUT2D eigenvalue weighted by Gasteiger charge is -2.49. The van der Waals surface area contributed by atoms with Crippen molar-refractivity contribution in [3.63, 3.8) is 0 Å². The summed E-state index contributed by atoms with van der Waals surface area (Å²) >= 11 is 0. The predicted octanol–water partition coefficient (Wildman–Crippen LogP) is 0.0244. The topological polar surface area (TPSA) is 64.9 Å². The third-order valence-electron chi connectivity index (χ3n) is 7.26. The molecule has 5 nitrogen and oxygen atoms in total. The van der Waals surface area contributed by atoms with Crippen LogP contribution in [-0.4, -0.2) is 43.0 Å². The second kappa shape index (κ2) is 7.63. The summed E-state index contributed by atoms with van der Waals surface area (Å²) in [5.74, 6) is -1.47. The second-order valence-electron chi connectivity index (χ2n) is 8.72. The van der Waals surface area contributed by atoms with Crippen molar-refractivity contribution in [2.75, 3.05) is 26.2 Å². The second-order valence-corrected chi connectivity index (χ2v) is 8.72. The Labute approximate surface area is 161 Å². The van der Waals surface area contributed by atoms with Crippen LogP contribution in [0.25, 0.3) is 0 Å². The molecule has 3 aliphatic carbocycles. The largest absolute Gasteiger partial charge is 0.550 e. The van der Waals surface area contributed by atoms with Gasteiger partial charge in [-0.15, -0.1) is 0 Å². The Kier molecular flexibility index (Phi) is 5.22. The molecule has 5 heteroatoms. The number of nitrogens with one attached hydrogen (secondary N) is 1. The molecule has 0 aromatic heterocycles. The van der Waals surface area contributed by atoms with Crippen molar-refractivity contribution in [2.45, 2.75) is 39.2 Å². The maximum absolute atomic E-state index is 13.2. The molecule has 1 aromatic carbocycles. The van der Waals surface area contributed by atoms with Crippen molar-refractivity contribution >= 4 is 11.9 Å². The first kappa shape index (κ1) is 18.5. The van der Waals surface area contributed by atoms with Gasteiger partial charge in [0.05, 0.1) is 26.2 Å². The van der Waals surface area contributed by atoms with Gasteiger partial charge in [-0.25, -0.2) is 0 Å². The van der Waals surface area contributed by atoms with E-state index in [0.29, 0.717) is 0 Å². The van der Waals surface area contributed by atoms with Crippen molar-refractivity contribution in [1.29, 1.82) is 0 Å². The molecule has 0 unspecified atom stereocenters. The monoisotopic (exact) mass is 370 g/mol. The van der Waals surface area contributed by atoms with E-state index in [0.717, 1.165) is 58.4 Å². The number of rotatable bonds is 4. The van der Waals surface area contributed by atoms with E-state index in [2.05, 4.69) is 31.2 Å². The Morgan fingerprint density at radius 1 is 1.04 bits per heavy atom. The van der Waals surface area contributed by atoms with Gasteiger partial charge in [0.2, 0.25) is 5.91 Å². The number of nitrogens with zero attached hydrogens (tertiary/aromatic N) is 1. The molecule has 2 atom stereocenters. The predicted molar refractivity (Wildman–Crippen MR) is 99.6 cm³/mol. The Bertz CT molecular complexity index is 703. The summed E-state index contributed by atoms with van der Waals surface area (Å²) in [6.07, 6.45) is 3.90. The Balaban J connectivity index is 1.38. The number of carbonyl (C=O) groups is 2. The van der Waals surface area contributed by atoms with Crippen molar-refractivity contribution in [3.05, 3.63) is 35.4 Å². The summed E-state index contributed by atoms with van der Waals surface area (Å²) in [5.41, 5.74) is 2.69. The zero-order chi connectivity index (χ0) is 19.0. The molecule has 4 aliphatic rings. The van der Waals surface area contributed by atoms with Gasteiger partial charge in [0.15, 0.2) is 0 Å². The van der Waals surface area contributed by atoms with Gasteiger partial charge in [-0.1, -0.05) is 24.3 Å². The minimum absolute atomic E-state index is 0.0774. The van der Waals surface area contributed by atoms with E-state index in [9.17, 15) is 14.7 Å². The third kappa shape index (κ3) is 3.62. The number of aliphatic carboxylic acids is 1. The van der Waals surface area contributed by atoms with E-state index >= 15 is 0 Å². The molecule has 1 N–H and O–H groups in total. The average molecular weight is 370 g/mol. The summed E-state index contributed by atoms with van der Waals surface area (Å²) in [5, 5.41) is 11.7. The molecule has 1 aromatic rings. The number of aryl methyl sites for hydroxylation is 1. The van der Waals surface area contributed by atoms with Gasteiger partial charge in [0.1, 0.15) is 6.54 Å². The minimum Gasteiger partial charge on any atom is -0.550 e. The fourth-order valence-corrected chi connectivity index (χ4v) is 5.65. The van der Waals surface area contributed by atoms with Crippen LogP contribution in [0.4, 0.5) is 0 Å². The third-order valence-corrected chi connectivity index (χ3v) is 7.26. The highest BCUT2D eigenvalue weighted by Crippen LogP contribution is 2.49. The van der Waals surface area contributed by atoms with Gasteiger partial charge in [-0.2, -0.15) is 0 Å². The van der Waals surface area contributed by atoms with Crippen molar-refractivity contribution in [3.8, 4) is 0 Å². The number of piperazine rings is 1. The highest BCUT2D eigenvalue weighted by atomic mass is 16.4. The lowest BCUT2D eigenvalue weighted by atomic mass is 9.58. The maximum atomic E-state index is 13.2. The van der Waals surface area contributed by atoms with Crippen LogP contribution in [0.2, 0.25) is 0 Å². The van der Waals surface area contributed by atoms with E-state index in [1.165, 1.54) is 16.0 Å². The average Bonchev–Trinajstić information content (AvgIpc) is 2.70. The van der Waals surface area contributed by atoms with Crippen molar-refractivity contribution < 1.29 is 19.6 Å². The lowest BCUT2D eigenvalue weighted by Crippen LogP contribution is -3.13. The quantitative estimate of drug-likeness (QED) is 0.813. The highest BCUT2D eigenvalue weighted by Gasteiger charge is 2.49. The fourth-order valence-electron chi connectivity index (χ4n) is 5.65. The molecule has 0 radical (unpaired) electrons. The number of carbonyl (C=O) groups excluding carboxylic acids is 2. The van der Waals surface area contributed by atoms with Gasteiger partial charge >= 0.3 is 0 Å². The van der Waals surface area contributed by atoms with Crippen LogP contribution in [0.15, 0.2) is 24.3 Å². The minimum atomic E-state index is -1.01. The number of amides is 1. The van der Waals surface area contributed by atoms with Gasteiger partial charge in [-0.3, -0.25) is 4.79 Å². The van der Waals surface area contributed by atoms with Crippen LogP contribution >= 0.6 is 0 Å². The molecule has 2 bridgehead atoms. The van der Waals surface area contributed by atoms with Crippen molar-refractivity contribution in [1.82, 2.24) is 4.90 Å². The lowest BCUT2D eigenvalue weighted by molar-refractivity contribution is -0.917. The smallest absolute Gasteiger partial charge is 0.227 e. The van der Waals surface area contributed by atoms with Crippen LogP contribution in [0, 0.1) is 30.6 Å². The normalized spacial score (nSPS) is 31.1. The van der Waals surface area contributed by atoms with Crippen molar-refractivity contribution in [2.24, 2.45) is 23.7 Å². The van der Waals surface area contributed by atoms with Crippen LogP contribution < -0.4 is 10.0 Å². The Morgan fingerprint density at radius 2 is 1.63 bits per heavy atom. The van der Waals surface area contributed by atoms with Crippen LogP contribution in [0.5, 0.6) is 0 Å². The molecule has 1 aliphatic heterocycles. The van der Waals surface area contributed by atoms with Crippen LogP contribution in [-0.2, 0) is 16.1 Å². The summed E-state index contributed by atoms with van der Waals surface area (Å²) in [6, 6.07) is 8.48. The molecule has 1 heterocycles. The van der Waals surface area contributed by atoms with E-state index in [4.69, 9.17) is 0 Å². The fraction of sp³-hybridized carbons (Fsp3) is 0.636. The number of hydrogen-bond acceptors (Lipinski definition) is 3. The number of quaternary nitrogens is 1. The first-order valence-electron chi connectivity index (χ1n) is 10.4. The molecular formula is C22H30N2O3. The first-order valence-corrected chi connectivity index (χ1v) is 10.4. The number of carboxylic acid groups (broad SMARTS) is 1. The number of hydrogen-bond donors (Lipinski definition) is 1. The summed E-state index contributed by atoms with van der Waals surface area (Å²) < 4.78 is 0. The van der Waals surface area contributed by atoms with Crippen LogP contribution in [0.1, 0.15) is 36.8 Å². The van der Waals surface area contributed by atoms with Gasteiger partial charge < -0.3 is 19.7 Å². The van der Waals surface area contributed by atoms with Crippen LogP contribution in [0.3, 0.4) is 0 Å². The van der Waals surface area contributed by atoms with Gasteiger partial charge in [0, 0.05) is 23.4 Å². The molecule has 3 saturated carbocycles. The zero-order valence-corrected chi connectivity index (χ0v) is 16.2. The molecule has 146 valence electrons. The summed E-state index contributed by atoms with van der Waals surface area (Å²) in [7, 11) is 0. The molecule has 0 spiro atoms. The standard InChI is InChI=1S/C22H30N2O3/c1-15-4-2-3-5-18(15)14-23-10-12-24(13-11-23)21(25)19-16-6-8-17(9-7-16)20(19)22(26)27/h2-5,16-17,19-20H,6-14H2,1H3,(H,26,27)/t16?,17?,19-,20-/m1/s1. The molecule has 5 rings (SSSR count). The Morgan fingerprint density at radius 3 is 2.22 bits per heavy atom. The van der Waals surface area contributed by atoms with Gasteiger partial charge in [0.25, 0.3) is 0 Å². The van der Waals surface area contributed by atoms with E-state index in [1.54, 1.807) is 0 Å². The molecule has 27 heavy (non-hydrogen) atoms. The summed E-state index contributed by atoms with van der Waals surface area (Å²) in [4.78, 5) is 28.4. The summed E-state index contributed by atoms with van der Waals surface area (Å²) in [6.45, 7) is 6.45. The van der Waals surface area contributed by atoms with E-state index in [1.807, 2.05) is 4.90 Å². The zero-order valence-electron chi connectivity index (χ0n) is 16.2. The highest BCUT2D eigenvalue weighted by molar-refractivity contribution is 5.85. The van der Waals surface area contributed by atoms with Gasteiger partial charge in [-0.05, 0) is 50.0 Å². The Hall–Kier alpha value is -1.88. The van der Waals surface area contributed by atoms with E-state index < -0.39 is 11.9 Å². The molecule has 1 amide bonds. The van der Waals surface area contributed by atoms with E-state index in [-0.39, 0.29) is 23.7 Å². The molecule has 4 fully saturated rings. The number of fused-ring (bicyclic) bond motifs is 3. The SMILES string of the molecule is Cc1ccccc1C[NH+]1CCN(C(=O)[C@@H]2C3CCC(CC3)[C@H]2C(=O)[O-])CC1. The molecule has 1 saturated heterocycles. The molecular weight excluding hydrogens is 340 g/mol. The number of benzene rings is 1. The first-order chi connectivity index (χ1) is 13.0.